The topological polar surface area (TPSA) is 59.8 Å². The predicted octanol–water partition coefficient (Wildman–Crippen LogP) is 3.66. The first-order valence-electron chi connectivity index (χ1n) is 9.05. The van der Waals surface area contributed by atoms with E-state index < -0.39 is 0 Å². The number of ether oxygens (including phenoxy) is 1. The van der Waals surface area contributed by atoms with E-state index >= 15 is 0 Å². The summed E-state index contributed by atoms with van der Waals surface area (Å²) >= 11 is 0. The number of hydrogen-bond acceptors (Lipinski definition) is 4. The average Bonchev–Trinajstić information content (AvgIpc) is 2.61. The van der Waals surface area contributed by atoms with Crippen LogP contribution in [0.4, 0.5) is 0 Å². The van der Waals surface area contributed by atoms with Crippen LogP contribution >= 0.6 is 0 Å². The van der Waals surface area contributed by atoms with E-state index in [-0.39, 0.29) is 18.1 Å². The van der Waals surface area contributed by atoms with Gasteiger partial charge in [-0.1, -0.05) is 19.3 Å². The Morgan fingerprint density at radius 1 is 1.24 bits per heavy atom. The summed E-state index contributed by atoms with van der Waals surface area (Å²) in [5.74, 6) is 0.550. The highest BCUT2D eigenvalue weighted by Crippen LogP contribution is 2.24. The van der Waals surface area contributed by atoms with Gasteiger partial charge in [0.2, 0.25) is 0 Å². The van der Waals surface area contributed by atoms with Gasteiger partial charge in [-0.2, -0.15) is 0 Å². The van der Waals surface area contributed by atoms with Gasteiger partial charge in [-0.25, -0.2) is 4.79 Å². The zero-order valence-electron chi connectivity index (χ0n) is 14.9. The Labute approximate surface area is 147 Å². The molecule has 1 aromatic heterocycles. The summed E-state index contributed by atoms with van der Waals surface area (Å²) in [7, 11) is 0. The van der Waals surface area contributed by atoms with Crippen molar-refractivity contribution in [3.05, 3.63) is 40.2 Å². The molecule has 134 valence electrons. The van der Waals surface area contributed by atoms with Crippen molar-refractivity contribution in [1.29, 1.82) is 0 Å². The molecule has 0 saturated heterocycles. The van der Waals surface area contributed by atoms with Crippen molar-refractivity contribution < 1.29 is 13.9 Å². The summed E-state index contributed by atoms with van der Waals surface area (Å²) in [5.41, 5.74) is 0.964. The fraction of sp³-hybridized carbons (Fsp3) is 0.500. The molecule has 1 aromatic carbocycles. The lowest BCUT2D eigenvalue weighted by Crippen LogP contribution is -2.43. The normalized spacial score (nSPS) is 15.3. The second-order valence-corrected chi connectivity index (χ2v) is 6.67. The molecule has 1 fully saturated rings. The first-order chi connectivity index (χ1) is 12.1. The van der Waals surface area contributed by atoms with E-state index in [1.165, 1.54) is 25.3 Å². The molecule has 0 atom stereocenters. The maximum Gasteiger partial charge on any atom is 0.336 e. The summed E-state index contributed by atoms with van der Waals surface area (Å²) in [6.45, 7) is 4.59. The number of fused-ring (bicyclic) bond motifs is 1. The SMILES string of the molecule is CCN(C(=O)COc1ccc2c(C)cc(=O)oc2c1)C1CCCCC1. The van der Waals surface area contributed by atoms with Crippen LogP contribution in [0.25, 0.3) is 11.0 Å². The maximum atomic E-state index is 12.5. The van der Waals surface area contributed by atoms with Gasteiger partial charge in [0.05, 0.1) is 0 Å². The molecule has 0 unspecified atom stereocenters. The molecule has 0 aliphatic heterocycles. The molecule has 0 spiro atoms. The third-order valence-electron chi connectivity index (χ3n) is 4.96. The van der Waals surface area contributed by atoms with Gasteiger partial charge < -0.3 is 14.1 Å². The van der Waals surface area contributed by atoms with E-state index in [1.807, 2.05) is 24.8 Å². The summed E-state index contributed by atoms with van der Waals surface area (Å²) in [5, 5.41) is 0.871. The molecule has 1 saturated carbocycles. The molecule has 5 heteroatoms. The number of benzene rings is 1. The van der Waals surface area contributed by atoms with Crippen LogP contribution in [0.15, 0.2) is 33.5 Å². The second-order valence-electron chi connectivity index (χ2n) is 6.67. The van der Waals surface area contributed by atoms with Gasteiger partial charge in [-0.05, 0) is 44.4 Å². The zero-order valence-corrected chi connectivity index (χ0v) is 14.9. The van der Waals surface area contributed by atoms with Crippen LogP contribution in [-0.4, -0.2) is 30.0 Å². The summed E-state index contributed by atoms with van der Waals surface area (Å²) in [4.78, 5) is 26.0. The lowest BCUT2D eigenvalue weighted by molar-refractivity contribution is -0.136. The molecule has 1 aliphatic rings. The Balaban J connectivity index is 1.68. The Kier molecular flexibility index (Phi) is 5.41. The number of nitrogens with zero attached hydrogens (tertiary/aromatic N) is 1. The smallest absolute Gasteiger partial charge is 0.336 e. The summed E-state index contributed by atoms with van der Waals surface area (Å²) in [6.07, 6.45) is 5.82. The number of carbonyl (C=O) groups excluding carboxylic acids is 1. The lowest BCUT2D eigenvalue weighted by Gasteiger charge is -2.33. The molecule has 25 heavy (non-hydrogen) atoms. The van der Waals surface area contributed by atoms with Crippen molar-refractivity contribution in [1.82, 2.24) is 4.90 Å². The number of amides is 1. The van der Waals surface area contributed by atoms with Crippen LogP contribution in [-0.2, 0) is 4.79 Å². The molecule has 3 rings (SSSR count). The highest BCUT2D eigenvalue weighted by atomic mass is 16.5. The molecule has 2 aromatic rings. The van der Waals surface area contributed by atoms with E-state index in [0.29, 0.717) is 23.9 Å². The molecular formula is C20H25NO4. The van der Waals surface area contributed by atoms with Crippen LogP contribution in [0.3, 0.4) is 0 Å². The van der Waals surface area contributed by atoms with E-state index in [1.54, 1.807) is 12.1 Å². The van der Waals surface area contributed by atoms with Gasteiger partial charge in [0.25, 0.3) is 5.91 Å². The van der Waals surface area contributed by atoms with Gasteiger partial charge in [-0.3, -0.25) is 4.79 Å². The van der Waals surface area contributed by atoms with Crippen LogP contribution in [0.1, 0.15) is 44.6 Å². The standard InChI is InChI=1S/C20H25NO4/c1-3-21(15-7-5-4-6-8-15)19(22)13-24-16-9-10-17-14(2)11-20(23)25-18(17)12-16/h9-12,15H,3-8,13H2,1-2H3. The highest BCUT2D eigenvalue weighted by Gasteiger charge is 2.24. The van der Waals surface area contributed by atoms with Crippen LogP contribution in [0.5, 0.6) is 5.75 Å². The largest absolute Gasteiger partial charge is 0.484 e. The zero-order chi connectivity index (χ0) is 17.8. The summed E-state index contributed by atoms with van der Waals surface area (Å²) in [6, 6.07) is 7.14. The third kappa shape index (κ3) is 4.03. The molecule has 1 heterocycles. The van der Waals surface area contributed by atoms with Gasteiger partial charge in [0, 0.05) is 30.1 Å². The maximum absolute atomic E-state index is 12.5. The van der Waals surface area contributed by atoms with Crippen molar-refractivity contribution in [2.75, 3.05) is 13.2 Å². The molecule has 0 bridgehead atoms. The Morgan fingerprint density at radius 2 is 2.00 bits per heavy atom. The van der Waals surface area contributed by atoms with Gasteiger partial charge >= 0.3 is 5.63 Å². The second kappa shape index (κ2) is 7.72. The quantitative estimate of drug-likeness (QED) is 0.777. The monoisotopic (exact) mass is 343 g/mol. The van der Waals surface area contributed by atoms with Gasteiger partial charge in [-0.15, -0.1) is 0 Å². The van der Waals surface area contributed by atoms with Gasteiger partial charge in [0.1, 0.15) is 11.3 Å². The number of carbonyl (C=O) groups is 1. The van der Waals surface area contributed by atoms with E-state index in [4.69, 9.17) is 9.15 Å². The van der Waals surface area contributed by atoms with E-state index in [2.05, 4.69) is 0 Å². The number of aryl methyl sites for hydroxylation is 1. The number of rotatable bonds is 5. The van der Waals surface area contributed by atoms with Crippen LogP contribution in [0, 0.1) is 6.92 Å². The number of likely N-dealkylation sites (N-methyl/N-ethyl adjacent to an activating group) is 1. The first kappa shape index (κ1) is 17.5. The summed E-state index contributed by atoms with van der Waals surface area (Å²) < 4.78 is 10.9. The van der Waals surface area contributed by atoms with Crippen molar-refractivity contribution in [2.24, 2.45) is 0 Å². The fourth-order valence-electron chi connectivity index (χ4n) is 3.65. The lowest BCUT2D eigenvalue weighted by atomic mass is 9.94. The van der Waals surface area contributed by atoms with Crippen molar-refractivity contribution in [3.8, 4) is 5.75 Å². The Hall–Kier alpha value is -2.30. The molecule has 0 N–H and O–H groups in total. The van der Waals surface area contributed by atoms with Crippen molar-refractivity contribution >= 4 is 16.9 Å². The minimum atomic E-state index is -0.382. The molecule has 1 amide bonds. The van der Waals surface area contributed by atoms with Crippen molar-refractivity contribution in [2.45, 2.75) is 52.0 Å². The Morgan fingerprint density at radius 3 is 2.72 bits per heavy atom. The third-order valence-corrected chi connectivity index (χ3v) is 4.96. The minimum Gasteiger partial charge on any atom is -0.484 e. The first-order valence-corrected chi connectivity index (χ1v) is 9.05. The van der Waals surface area contributed by atoms with Crippen molar-refractivity contribution in [3.63, 3.8) is 0 Å². The average molecular weight is 343 g/mol. The molecular weight excluding hydrogens is 318 g/mol. The fourth-order valence-corrected chi connectivity index (χ4v) is 3.65. The molecule has 5 nitrogen and oxygen atoms in total. The molecule has 1 aliphatic carbocycles. The highest BCUT2D eigenvalue weighted by molar-refractivity contribution is 5.82. The predicted molar refractivity (Wildman–Crippen MR) is 97.0 cm³/mol. The van der Waals surface area contributed by atoms with Crippen LogP contribution in [0.2, 0.25) is 0 Å². The van der Waals surface area contributed by atoms with E-state index in [0.717, 1.165) is 23.8 Å². The molecule has 0 radical (unpaired) electrons. The van der Waals surface area contributed by atoms with Crippen LogP contribution < -0.4 is 10.4 Å². The van der Waals surface area contributed by atoms with Gasteiger partial charge in [0.15, 0.2) is 6.61 Å². The minimum absolute atomic E-state index is 0.00585. The number of hydrogen-bond donors (Lipinski definition) is 0. The Bertz CT molecular complexity index is 805. The van der Waals surface area contributed by atoms with E-state index in [9.17, 15) is 9.59 Å².